The van der Waals surface area contributed by atoms with Gasteiger partial charge in [-0.15, -0.1) is 0 Å². The fourth-order valence-electron chi connectivity index (χ4n) is 2.79. The van der Waals surface area contributed by atoms with Gasteiger partial charge in [0.25, 0.3) is 0 Å². The van der Waals surface area contributed by atoms with E-state index < -0.39 is 0 Å². The van der Waals surface area contributed by atoms with Gasteiger partial charge in [-0.25, -0.2) is 0 Å². The monoisotopic (exact) mass is 421 g/mol. The average molecular weight is 423 g/mol. The Labute approximate surface area is 158 Å². The molecule has 1 heterocycles. The standard InChI is InChI=1S/C18H17BrClN3O2/c1-25-10-9-22-17-14(20)3-2-4-15(17)23(18(22)21)11-16(24)12-5-7-13(19)8-6-12/h2-8,21H,9-11H2,1H3. The van der Waals surface area contributed by atoms with E-state index >= 15 is 0 Å². The van der Waals surface area contributed by atoms with Crippen LogP contribution in [0.2, 0.25) is 5.02 Å². The number of methoxy groups -OCH3 is 1. The molecule has 1 aromatic heterocycles. The highest BCUT2D eigenvalue weighted by Gasteiger charge is 2.16. The molecule has 5 nitrogen and oxygen atoms in total. The van der Waals surface area contributed by atoms with Crippen LogP contribution in [0.1, 0.15) is 10.4 Å². The molecule has 0 radical (unpaired) electrons. The normalized spacial score (nSPS) is 11.2. The summed E-state index contributed by atoms with van der Waals surface area (Å²) in [5.74, 6) is -0.0585. The Morgan fingerprint density at radius 1 is 1.20 bits per heavy atom. The zero-order chi connectivity index (χ0) is 18.0. The highest BCUT2D eigenvalue weighted by molar-refractivity contribution is 9.10. The minimum atomic E-state index is -0.0585. The van der Waals surface area contributed by atoms with Crippen LogP contribution in [0.25, 0.3) is 11.0 Å². The van der Waals surface area contributed by atoms with Gasteiger partial charge < -0.3 is 13.9 Å². The maximum Gasteiger partial charge on any atom is 0.203 e. The molecular formula is C18H17BrClN3O2. The molecule has 0 unspecified atom stereocenters. The van der Waals surface area contributed by atoms with Gasteiger partial charge in [-0.05, 0) is 24.3 Å². The molecule has 0 fully saturated rings. The van der Waals surface area contributed by atoms with Crippen molar-refractivity contribution in [3.8, 4) is 0 Å². The van der Waals surface area contributed by atoms with Crippen molar-refractivity contribution in [1.29, 1.82) is 5.41 Å². The Morgan fingerprint density at radius 2 is 1.92 bits per heavy atom. The Kier molecular flexibility index (Phi) is 5.42. The van der Waals surface area contributed by atoms with Crippen molar-refractivity contribution in [3.63, 3.8) is 0 Å². The number of para-hydroxylation sites is 1. The summed E-state index contributed by atoms with van der Waals surface area (Å²) in [4.78, 5) is 12.6. The summed E-state index contributed by atoms with van der Waals surface area (Å²) in [5.41, 5.74) is 2.34. The van der Waals surface area contributed by atoms with Gasteiger partial charge in [0.15, 0.2) is 5.78 Å². The van der Waals surface area contributed by atoms with Crippen molar-refractivity contribution in [1.82, 2.24) is 9.13 Å². The van der Waals surface area contributed by atoms with E-state index in [1.165, 1.54) is 0 Å². The topological polar surface area (TPSA) is 60.0 Å². The summed E-state index contributed by atoms with van der Waals surface area (Å²) < 4.78 is 9.51. The van der Waals surface area contributed by atoms with Gasteiger partial charge in [-0.3, -0.25) is 10.2 Å². The number of carbonyl (C=O) groups is 1. The fraction of sp³-hybridized carbons (Fsp3) is 0.222. The van der Waals surface area contributed by atoms with Gasteiger partial charge in [-0.1, -0.05) is 45.7 Å². The number of Topliss-reactive ketones (excluding diaryl/α,β-unsaturated/α-hetero) is 1. The number of fused-ring (bicyclic) bond motifs is 1. The summed E-state index contributed by atoms with van der Waals surface area (Å²) in [5, 5.41) is 9.04. The summed E-state index contributed by atoms with van der Waals surface area (Å²) in [6, 6.07) is 12.7. The first-order valence-corrected chi connectivity index (χ1v) is 8.90. The highest BCUT2D eigenvalue weighted by Crippen LogP contribution is 2.23. The quantitative estimate of drug-likeness (QED) is 0.613. The maximum atomic E-state index is 12.6. The van der Waals surface area contributed by atoms with E-state index in [9.17, 15) is 4.79 Å². The number of rotatable bonds is 6. The van der Waals surface area contributed by atoms with E-state index in [2.05, 4.69) is 15.9 Å². The van der Waals surface area contributed by atoms with E-state index in [-0.39, 0.29) is 17.9 Å². The lowest BCUT2D eigenvalue weighted by molar-refractivity contribution is 0.0971. The summed E-state index contributed by atoms with van der Waals surface area (Å²) in [6.07, 6.45) is 0. The minimum absolute atomic E-state index is 0.0585. The van der Waals surface area contributed by atoms with E-state index in [0.29, 0.717) is 23.7 Å². The highest BCUT2D eigenvalue weighted by atomic mass is 79.9. The largest absolute Gasteiger partial charge is 0.383 e. The van der Waals surface area contributed by atoms with Crippen LogP contribution in [-0.4, -0.2) is 28.6 Å². The first-order chi connectivity index (χ1) is 12.0. The first kappa shape index (κ1) is 17.9. The van der Waals surface area contributed by atoms with Gasteiger partial charge in [0.05, 0.1) is 29.2 Å². The second kappa shape index (κ2) is 7.56. The number of imidazole rings is 1. The van der Waals surface area contributed by atoms with Gasteiger partial charge >= 0.3 is 0 Å². The fourth-order valence-corrected chi connectivity index (χ4v) is 3.32. The molecule has 0 aliphatic heterocycles. The zero-order valence-electron chi connectivity index (χ0n) is 13.6. The number of carbonyl (C=O) groups excluding carboxylic acids is 1. The molecular weight excluding hydrogens is 406 g/mol. The van der Waals surface area contributed by atoms with Crippen molar-refractivity contribution in [2.75, 3.05) is 13.7 Å². The zero-order valence-corrected chi connectivity index (χ0v) is 16.0. The molecule has 0 bridgehead atoms. The van der Waals surface area contributed by atoms with E-state index in [1.54, 1.807) is 34.4 Å². The average Bonchev–Trinajstić information content (AvgIpc) is 2.87. The molecule has 7 heteroatoms. The van der Waals surface area contributed by atoms with Crippen LogP contribution >= 0.6 is 27.5 Å². The smallest absolute Gasteiger partial charge is 0.203 e. The Balaban J connectivity index is 2.05. The summed E-state index contributed by atoms with van der Waals surface area (Å²) >= 11 is 9.71. The third kappa shape index (κ3) is 3.56. The minimum Gasteiger partial charge on any atom is -0.383 e. The number of benzene rings is 2. The molecule has 25 heavy (non-hydrogen) atoms. The van der Waals surface area contributed by atoms with Crippen LogP contribution < -0.4 is 5.62 Å². The van der Waals surface area contributed by atoms with Crippen LogP contribution in [0.3, 0.4) is 0 Å². The SMILES string of the molecule is COCCn1c(=N)n(CC(=O)c2ccc(Br)cc2)c2cccc(Cl)c21. The number of aromatic nitrogens is 2. The van der Waals surface area contributed by atoms with E-state index in [0.717, 1.165) is 15.5 Å². The van der Waals surface area contributed by atoms with Gasteiger partial charge in [-0.2, -0.15) is 0 Å². The Hall–Kier alpha value is -1.89. The molecule has 3 aromatic rings. The van der Waals surface area contributed by atoms with E-state index in [4.69, 9.17) is 21.7 Å². The molecule has 0 amide bonds. The van der Waals surface area contributed by atoms with Crippen LogP contribution in [0.5, 0.6) is 0 Å². The number of hydrogen-bond acceptors (Lipinski definition) is 3. The third-order valence-corrected chi connectivity index (χ3v) is 4.86. The molecule has 3 rings (SSSR count). The lowest BCUT2D eigenvalue weighted by Crippen LogP contribution is -2.28. The number of nitrogens with one attached hydrogen (secondary N) is 1. The number of nitrogens with zero attached hydrogens (tertiary/aromatic N) is 2. The molecule has 1 N–H and O–H groups in total. The number of halogens is 2. The van der Waals surface area contributed by atoms with Crippen molar-refractivity contribution < 1.29 is 9.53 Å². The molecule has 0 aliphatic rings. The van der Waals surface area contributed by atoms with Gasteiger partial charge in [0, 0.05) is 23.7 Å². The lowest BCUT2D eigenvalue weighted by atomic mass is 10.1. The lowest BCUT2D eigenvalue weighted by Gasteiger charge is -2.05. The van der Waals surface area contributed by atoms with Crippen molar-refractivity contribution >= 4 is 44.3 Å². The van der Waals surface area contributed by atoms with Crippen LogP contribution in [0.15, 0.2) is 46.9 Å². The number of ketones is 1. The molecule has 0 saturated carbocycles. The predicted molar refractivity (Wildman–Crippen MR) is 101 cm³/mol. The molecule has 0 spiro atoms. The van der Waals surface area contributed by atoms with Gasteiger partial charge in [0.1, 0.15) is 0 Å². The predicted octanol–water partition coefficient (Wildman–Crippen LogP) is 3.87. The molecule has 0 saturated heterocycles. The van der Waals surface area contributed by atoms with Crippen LogP contribution in [-0.2, 0) is 17.8 Å². The van der Waals surface area contributed by atoms with Crippen molar-refractivity contribution in [2.24, 2.45) is 0 Å². The third-order valence-electron chi connectivity index (χ3n) is 4.02. The second-order valence-electron chi connectivity index (χ2n) is 5.59. The van der Waals surface area contributed by atoms with Gasteiger partial charge in [0.2, 0.25) is 5.62 Å². The second-order valence-corrected chi connectivity index (χ2v) is 6.91. The number of hydrogen-bond donors (Lipinski definition) is 1. The van der Waals surface area contributed by atoms with Crippen molar-refractivity contribution in [3.05, 3.63) is 63.1 Å². The Morgan fingerprint density at radius 3 is 2.60 bits per heavy atom. The first-order valence-electron chi connectivity index (χ1n) is 7.72. The Bertz CT molecular complexity index is 976. The van der Waals surface area contributed by atoms with Crippen LogP contribution in [0.4, 0.5) is 0 Å². The maximum absolute atomic E-state index is 12.6. The van der Waals surface area contributed by atoms with E-state index in [1.807, 2.05) is 24.3 Å². The summed E-state index contributed by atoms with van der Waals surface area (Å²) in [7, 11) is 1.61. The van der Waals surface area contributed by atoms with Crippen LogP contribution in [0, 0.1) is 5.41 Å². The molecule has 2 aromatic carbocycles. The van der Waals surface area contributed by atoms with Crippen molar-refractivity contribution in [2.45, 2.75) is 13.1 Å². The molecule has 0 aliphatic carbocycles. The summed E-state index contributed by atoms with van der Waals surface area (Å²) in [6.45, 7) is 1.04. The molecule has 130 valence electrons. The molecule has 0 atom stereocenters. The number of ether oxygens (including phenoxy) is 1.